The highest BCUT2D eigenvalue weighted by atomic mass is 19.4. The average molecular weight is 445 g/mol. The molecule has 0 saturated carbocycles. The summed E-state index contributed by atoms with van der Waals surface area (Å²) in [4.78, 5) is 4.26. The third-order valence-electron chi connectivity index (χ3n) is 5.13. The summed E-state index contributed by atoms with van der Waals surface area (Å²) >= 11 is 0. The quantitative estimate of drug-likeness (QED) is 0.362. The molecule has 0 bridgehead atoms. The minimum Gasteiger partial charge on any atom is -0.496 e. The number of nitrogens with zero attached hydrogens (tertiary/aromatic N) is 1. The first-order valence-electron chi connectivity index (χ1n) is 10.4. The number of alkyl halides is 3. The Labute approximate surface area is 186 Å². The average Bonchev–Trinajstić information content (AvgIpc) is 2.77. The zero-order valence-corrected chi connectivity index (χ0v) is 18.3. The molecule has 0 radical (unpaired) electrons. The third-order valence-corrected chi connectivity index (χ3v) is 5.13. The zero-order chi connectivity index (χ0) is 23.1. The molecular formula is C25H26F3NO3. The number of halogens is 3. The van der Waals surface area contributed by atoms with Crippen LogP contribution in [0.5, 0.6) is 17.2 Å². The van der Waals surface area contributed by atoms with Crippen molar-refractivity contribution in [3.05, 3.63) is 72.1 Å². The van der Waals surface area contributed by atoms with Crippen molar-refractivity contribution in [2.75, 3.05) is 7.11 Å². The van der Waals surface area contributed by atoms with Gasteiger partial charge in [0.05, 0.1) is 13.3 Å². The first kappa shape index (κ1) is 23.4. The van der Waals surface area contributed by atoms with Crippen LogP contribution in [0.2, 0.25) is 0 Å². The summed E-state index contributed by atoms with van der Waals surface area (Å²) in [5.41, 5.74) is 3.55. The lowest BCUT2D eigenvalue weighted by atomic mass is 9.95. The lowest BCUT2D eigenvalue weighted by molar-refractivity contribution is -0.274. The summed E-state index contributed by atoms with van der Waals surface area (Å²) in [5.74, 6) is 1.63. The third kappa shape index (κ3) is 6.64. The van der Waals surface area contributed by atoms with E-state index >= 15 is 0 Å². The van der Waals surface area contributed by atoms with Gasteiger partial charge in [-0.25, -0.2) is 0 Å². The molecule has 0 aliphatic heterocycles. The van der Waals surface area contributed by atoms with E-state index in [0.29, 0.717) is 17.2 Å². The minimum absolute atomic E-state index is 0.0854. The van der Waals surface area contributed by atoms with E-state index in [1.807, 2.05) is 18.2 Å². The lowest BCUT2D eigenvalue weighted by Gasteiger charge is -2.15. The Morgan fingerprint density at radius 3 is 2.50 bits per heavy atom. The van der Waals surface area contributed by atoms with E-state index in [2.05, 4.69) is 29.6 Å². The summed E-state index contributed by atoms with van der Waals surface area (Å²) in [6, 6.07) is 13.6. The van der Waals surface area contributed by atoms with E-state index in [-0.39, 0.29) is 12.4 Å². The van der Waals surface area contributed by atoms with Gasteiger partial charge in [-0.3, -0.25) is 4.98 Å². The number of pyridine rings is 1. The highest BCUT2D eigenvalue weighted by Gasteiger charge is 2.31. The molecule has 1 aromatic heterocycles. The van der Waals surface area contributed by atoms with Crippen LogP contribution in [-0.2, 0) is 13.0 Å². The molecule has 170 valence electrons. The van der Waals surface area contributed by atoms with Gasteiger partial charge in [0.2, 0.25) is 0 Å². The molecule has 1 heterocycles. The van der Waals surface area contributed by atoms with Gasteiger partial charge in [-0.2, -0.15) is 0 Å². The van der Waals surface area contributed by atoms with Crippen LogP contribution in [0.15, 0.2) is 60.9 Å². The molecular weight excluding hydrogens is 419 g/mol. The van der Waals surface area contributed by atoms with Crippen LogP contribution in [0.25, 0.3) is 11.1 Å². The van der Waals surface area contributed by atoms with Gasteiger partial charge in [0, 0.05) is 11.8 Å². The fourth-order valence-electron chi connectivity index (χ4n) is 3.29. The molecule has 4 nitrogen and oxygen atoms in total. The second kappa shape index (κ2) is 10.4. The number of hydrogen-bond donors (Lipinski definition) is 0. The topological polar surface area (TPSA) is 40.6 Å². The van der Waals surface area contributed by atoms with Crippen LogP contribution in [0.4, 0.5) is 13.2 Å². The van der Waals surface area contributed by atoms with Crippen molar-refractivity contribution in [1.82, 2.24) is 4.98 Å². The number of rotatable bonds is 9. The Balaban J connectivity index is 1.75. The van der Waals surface area contributed by atoms with Gasteiger partial charge >= 0.3 is 6.36 Å². The Bertz CT molecular complexity index is 1040. The van der Waals surface area contributed by atoms with Gasteiger partial charge in [-0.1, -0.05) is 38.5 Å². The van der Waals surface area contributed by atoms with Gasteiger partial charge in [-0.05, 0) is 59.4 Å². The zero-order valence-electron chi connectivity index (χ0n) is 18.3. The molecule has 3 rings (SSSR count). The van der Waals surface area contributed by atoms with E-state index in [0.717, 1.165) is 35.3 Å². The van der Waals surface area contributed by atoms with Crippen molar-refractivity contribution in [1.29, 1.82) is 0 Å². The fraction of sp³-hybridized carbons (Fsp3) is 0.320. The number of ether oxygens (including phenoxy) is 3. The molecule has 0 amide bonds. The molecule has 1 unspecified atom stereocenters. The predicted molar refractivity (Wildman–Crippen MR) is 117 cm³/mol. The van der Waals surface area contributed by atoms with E-state index in [4.69, 9.17) is 9.47 Å². The van der Waals surface area contributed by atoms with E-state index < -0.39 is 6.36 Å². The Morgan fingerprint density at radius 2 is 1.78 bits per heavy atom. The Morgan fingerprint density at radius 1 is 0.969 bits per heavy atom. The summed E-state index contributed by atoms with van der Waals surface area (Å²) < 4.78 is 52.5. The first-order valence-corrected chi connectivity index (χ1v) is 10.4. The van der Waals surface area contributed by atoms with Crippen LogP contribution in [0.1, 0.15) is 31.4 Å². The molecule has 7 heteroatoms. The molecule has 0 fully saturated rings. The van der Waals surface area contributed by atoms with Crippen LogP contribution in [0, 0.1) is 5.92 Å². The Hall–Kier alpha value is -3.22. The van der Waals surface area contributed by atoms with Crippen molar-refractivity contribution in [3.8, 4) is 28.4 Å². The first-order chi connectivity index (χ1) is 15.3. The van der Waals surface area contributed by atoms with Crippen LogP contribution >= 0.6 is 0 Å². The highest BCUT2D eigenvalue weighted by molar-refractivity contribution is 5.66. The van der Waals surface area contributed by atoms with Gasteiger partial charge in [0.15, 0.2) is 0 Å². The highest BCUT2D eigenvalue weighted by Crippen LogP contribution is 2.30. The van der Waals surface area contributed by atoms with Gasteiger partial charge in [0.25, 0.3) is 0 Å². The van der Waals surface area contributed by atoms with Gasteiger partial charge in [0.1, 0.15) is 23.9 Å². The minimum atomic E-state index is -4.73. The van der Waals surface area contributed by atoms with Crippen molar-refractivity contribution >= 4 is 0 Å². The Kier molecular flexibility index (Phi) is 7.62. The standard InChI is InChI=1S/C25H26F3NO3/c1-4-17(2)10-20-12-19(8-9-24(20)30-3)21-13-23(15-29-14-21)31-16-18-6-5-7-22(11-18)32-25(26,27)28/h5-9,11-15,17H,4,10,16H2,1-3H3. The lowest BCUT2D eigenvalue weighted by Crippen LogP contribution is -2.17. The molecule has 0 aliphatic carbocycles. The van der Waals surface area contributed by atoms with Gasteiger partial charge < -0.3 is 14.2 Å². The summed E-state index contributed by atoms with van der Waals surface area (Å²) in [6.45, 7) is 4.45. The van der Waals surface area contributed by atoms with Crippen molar-refractivity contribution in [2.45, 2.75) is 39.7 Å². The largest absolute Gasteiger partial charge is 0.573 e. The van der Waals surface area contributed by atoms with E-state index in [1.165, 1.54) is 18.2 Å². The number of benzene rings is 2. The molecule has 3 aromatic rings. The summed E-state index contributed by atoms with van der Waals surface area (Å²) in [5, 5.41) is 0. The maximum absolute atomic E-state index is 12.4. The number of methoxy groups -OCH3 is 1. The van der Waals surface area contributed by atoms with Crippen molar-refractivity contribution < 1.29 is 27.4 Å². The molecule has 0 N–H and O–H groups in total. The molecule has 0 saturated heterocycles. The van der Waals surface area contributed by atoms with Crippen LogP contribution in [-0.4, -0.2) is 18.5 Å². The second-order valence-corrected chi connectivity index (χ2v) is 7.64. The molecule has 0 spiro atoms. The van der Waals surface area contributed by atoms with Gasteiger partial charge in [-0.15, -0.1) is 13.2 Å². The second-order valence-electron chi connectivity index (χ2n) is 7.64. The van der Waals surface area contributed by atoms with Crippen LogP contribution in [0.3, 0.4) is 0 Å². The van der Waals surface area contributed by atoms with Crippen molar-refractivity contribution in [3.63, 3.8) is 0 Å². The monoisotopic (exact) mass is 445 g/mol. The number of aromatic nitrogens is 1. The summed E-state index contributed by atoms with van der Waals surface area (Å²) in [6.07, 6.45) is 0.577. The van der Waals surface area contributed by atoms with E-state index in [9.17, 15) is 13.2 Å². The predicted octanol–water partition coefficient (Wildman–Crippen LogP) is 6.82. The molecule has 0 aliphatic rings. The smallest absolute Gasteiger partial charge is 0.496 e. The maximum Gasteiger partial charge on any atom is 0.573 e. The van der Waals surface area contributed by atoms with Crippen molar-refractivity contribution in [2.24, 2.45) is 5.92 Å². The molecule has 32 heavy (non-hydrogen) atoms. The number of hydrogen-bond acceptors (Lipinski definition) is 4. The normalized spacial score (nSPS) is 12.3. The molecule has 2 aromatic carbocycles. The summed E-state index contributed by atoms with van der Waals surface area (Å²) in [7, 11) is 1.67. The fourth-order valence-corrected chi connectivity index (χ4v) is 3.29. The van der Waals surface area contributed by atoms with E-state index in [1.54, 1.807) is 25.6 Å². The van der Waals surface area contributed by atoms with Crippen LogP contribution < -0.4 is 14.2 Å². The maximum atomic E-state index is 12.4. The molecule has 1 atom stereocenters. The SMILES string of the molecule is CCC(C)Cc1cc(-c2cncc(OCc3cccc(OC(F)(F)F)c3)c2)ccc1OC.